The summed E-state index contributed by atoms with van der Waals surface area (Å²) in [4.78, 5) is 40.9. The molecule has 0 aromatic heterocycles. The van der Waals surface area contributed by atoms with Gasteiger partial charge in [0.1, 0.15) is 5.54 Å². The van der Waals surface area contributed by atoms with E-state index in [1.807, 2.05) is 24.3 Å². The first-order valence-electron chi connectivity index (χ1n) is 10.2. The lowest BCUT2D eigenvalue weighted by Gasteiger charge is -2.32. The number of rotatable bonds is 8. The van der Waals surface area contributed by atoms with E-state index in [9.17, 15) is 14.4 Å². The first kappa shape index (κ1) is 24.6. The average Bonchev–Trinajstić information content (AvgIpc) is 2.88. The quantitative estimate of drug-likeness (QED) is 0.358. The van der Waals surface area contributed by atoms with Crippen LogP contribution in [-0.2, 0) is 16.0 Å². The van der Waals surface area contributed by atoms with Gasteiger partial charge in [0.2, 0.25) is 5.91 Å². The second-order valence-electron chi connectivity index (χ2n) is 7.97. The van der Waals surface area contributed by atoms with Crippen molar-refractivity contribution in [3.05, 3.63) is 62.5 Å². The van der Waals surface area contributed by atoms with E-state index in [0.29, 0.717) is 48.1 Å². The van der Waals surface area contributed by atoms with Crippen LogP contribution in [0.3, 0.4) is 0 Å². The van der Waals surface area contributed by atoms with Crippen LogP contribution < -0.4 is 10.2 Å². The van der Waals surface area contributed by atoms with Gasteiger partial charge in [-0.05, 0) is 55.7 Å². The molecule has 0 spiro atoms. The number of hydrogen-bond acceptors (Lipinski definition) is 3. The van der Waals surface area contributed by atoms with E-state index in [1.54, 1.807) is 30.0 Å². The zero-order chi connectivity index (χ0) is 23.5. The van der Waals surface area contributed by atoms with Gasteiger partial charge in [-0.1, -0.05) is 51.3 Å². The van der Waals surface area contributed by atoms with E-state index >= 15 is 0 Å². The number of hydrogen-bond donors (Lipinski definition) is 1. The SMILES string of the molecule is CC(=O)NCCCCN1C(=O)N(c2cc(Cl)cc(Cl)c2)C(=O)C1(C)Cc1ccc(Br)cc1. The Hall–Kier alpha value is -2.09. The zero-order valence-corrected chi connectivity index (χ0v) is 20.9. The highest BCUT2D eigenvalue weighted by Crippen LogP contribution is 2.37. The number of amides is 4. The van der Waals surface area contributed by atoms with Crippen molar-refractivity contribution in [2.45, 2.75) is 38.6 Å². The third-order valence-electron chi connectivity index (χ3n) is 5.43. The Bertz CT molecular complexity index is 1010. The molecule has 4 amide bonds. The van der Waals surface area contributed by atoms with Gasteiger partial charge in [0.05, 0.1) is 5.69 Å². The van der Waals surface area contributed by atoms with E-state index in [4.69, 9.17) is 23.2 Å². The number of benzene rings is 2. The van der Waals surface area contributed by atoms with Gasteiger partial charge in [0.15, 0.2) is 0 Å². The molecule has 0 bridgehead atoms. The summed E-state index contributed by atoms with van der Waals surface area (Å²) in [5.41, 5.74) is 0.208. The molecule has 32 heavy (non-hydrogen) atoms. The Morgan fingerprint density at radius 2 is 1.69 bits per heavy atom. The zero-order valence-electron chi connectivity index (χ0n) is 17.8. The number of carbonyl (C=O) groups excluding carboxylic acids is 3. The molecule has 3 rings (SSSR count). The molecule has 1 heterocycles. The first-order chi connectivity index (χ1) is 15.1. The standard InChI is InChI=1S/C23H24BrCl2N3O3/c1-15(30)27-9-3-4-10-28-22(32)29(20-12-18(25)11-19(26)13-20)21(31)23(28,2)14-16-5-7-17(24)8-6-16/h5-8,11-13H,3-4,9-10,14H2,1-2H3,(H,27,30). The molecule has 1 N–H and O–H groups in total. The van der Waals surface area contributed by atoms with E-state index in [2.05, 4.69) is 21.2 Å². The van der Waals surface area contributed by atoms with Gasteiger partial charge in [-0.15, -0.1) is 0 Å². The summed E-state index contributed by atoms with van der Waals surface area (Å²) in [6.07, 6.45) is 1.69. The highest BCUT2D eigenvalue weighted by Gasteiger charge is 2.54. The lowest BCUT2D eigenvalue weighted by molar-refractivity contribution is -0.124. The summed E-state index contributed by atoms with van der Waals surface area (Å²) in [6, 6.07) is 11.9. The largest absolute Gasteiger partial charge is 0.356 e. The molecular weight excluding hydrogens is 517 g/mol. The second-order valence-corrected chi connectivity index (χ2v) is 9.76. The Labute approximate surface area is 206 Å². The Morgan fingerprint density at radius 1 is 1.06 bits per heavy atom. The smallest absolute Gasteiger partial charge is 0.332 e. The summed E-state index contributed by atoms with van der Waals surface area (Å²) in [6.45, 7) is 4.14. The molecule has 1 unspecified atom stereocenters. The maximum atomic E-state index is 13.6. The molecule has 2 aromatic carbocycles. The van der Waals surface area contributed by atoms with Gasteiger partial charge < -0.3 is 10.2 Å². The highest BCUT2D eigenvalue weighted by atomic mass is 79.9. The van der Waals surface area contributed by atoms with Crippen LogP contribution in [0.25, 0.3) is 0 Å². The van der Waals surface area contributed by atoms with Crippen molar-refractivity contribution < 1.29 is 14.4 Å². The molecule has 6 nitrogen and oxygen atoms in total. The number of nitrogens with zero attached hydrogens (tertiary/aromatic N) is 2. The third-order valence-corrected chi connectivity index (χ3v) is 6.40. The molecule has 2 aromatic rings. The molecule has 170 valence electrons. The second kappa shape index (κ2) is 10.2. The summed E-state index contributed by atoms with van der Waals surface area (Å²) >= 11 is 15.7. The van der Waals surface area contributed by atoms with Gasteiger partial charge in [0.25, 0.3) is 5.91 Å². The maximum Gasteiger partial charge on any atom is 0.332 e. The van der Waals surface area contributed by atoms with E-state index in [0.717, 1.165) is 14.9 Å². The molecule has 1 saturated heterocycles. The summed E-state index contributed by atoms with van der Waals surface area (Å²) in [5, 5.41) is 3.44. The van der Waals surface area contributed by atoms with Crippen molar-refractivity contribution >= 4 is 62.7 Å². The van der Waals surface area contributed by atoms with Gasteiger partial charge in [-0.25, -0.2) is 9.69 Å². The molecule has 1 fully saturated rings. The molecule has 1 aliphatic heterocycles. The Balaban J connectivity index is 1.90. The Kier molecular flexibility index (Phi) is 7.85. The molecule has 1 atom stereocenters. The topological polar surface area (TPSA) is 69.7 Å². The van der Waals surface area contributed by atoms with E-state index in [-0.39, 0.29) is 11.8 Å². The fourth-order valence-corrected chi connectivity index (χ4v) is 4.62. The highest BCUT2D eigenvalue weighted by molar-refractivity contribution is 9.10. The summed E-state index contributed by atoms with van der Waals surface area (Å²) in [5.74, 6) is -0.424. The Morgan fingerprint density at radius 3 is 2.28 bits per heavy atom. The number of carbonyl (C=O) groups is 3. The summed E-state index contributed by atoms with van der Waals surface area (Å²) in [7, 11) is 0. The van der Waals surface area contributed by atoms with Crippen molar-refractivity contribution in [3.63, 3.8) is 0 Å². The van der Waals surface area contributed by atoms with E-state index < -0.39 is 11.6 Å². The molecule has 0 radical (unpaired) electrons. The van der Waals surface area contributed by atoms with Crippen LogP contribution in [0.15, 0.2) is 46.9 Å². The van der Waals surface area contributed by atoms with Crippen LogP contribution >= 0.6 is 39.1 Å². The van der Waals surface area contributed by atoms with Crippen molar-refractivity contribution in [1.29, 1.82) is 0 Å². The number of nitrogens with one attached hydrogen (secondary N) is 1. The van der Waals surface area contributed by atoms with Crippen molar-refractivity contribution in [1.82, 2.24) is 10.2 Å². The number of halogens is 3. The lowest BCUT2D eigenvalue weighted by atomic mass is 9.91. The van der Waals surface area contributed by atoms with Crippen LogP contribution in [0.1, 0.15) is 32.3 Å². The average molecular weight is 541 g/mol. The first-order valence-corrected chi connectivity index (χ1v) is 11.8. The molecule has 0 saturated carbocycles. The van der Waals surface area contributed by atoms with Gasteiger partial charge in [0, 0.05) is 41.0 Å². The van der Waals surface area contributed by atoms with Crippen LogP contribution in [0.5, 0.6) is 0 Å². The fraction of sp³-hybridized carbons (Fsp3) is 0.348. The van der Waals surface area contributed by atoms with Crippen LogP contribution in [0.4, 0.5) is 10.5 Å². The fourth-order valence-electron chi connectivity index (χ4n) is 3.84. The predicted molar refractivity (Wildman–Crippen MR) is 130 cm³/mol. The third kappa shape index (κ3) is 5.45. The van der Waals surface area contributed by atoms with Crippen molar-refractivity contribution in [2.75, 3.05) is 18.0 Å². The molecule has 0 aliphatic carbocycles. The van der Waals surface area contributed by atoms with Crippen molar-refractivity contribution in [3.8, 4) is 0 Å². The minimum absolute atomic E-state index is 0.0958. The number of unbranched alkanes of at least 4 members (excludes halogenated alkanes) is 1. The van der Waals surface area contributed by atoms with E-state index in [1.165, 1.54) is 6.92 Å². The minimum atomic E-state index is -1.08. The van der Waals surface area contributed by atoms with Crippen LogP contribution in [0.2, 0.25) is 10.0 Å². The molecule has 1 aliphatic rings. The predicted octanol–water partition coefficient (Wildman–Crippen LogP) is 5.44. The van der Waals surface area contributed by atoms with Gasteiger partial charge in [-0.2, -0.15) is 0 Å². The normalized spacial score (nSPS) is 18.4. The number of imide groups is 1. The minimum Gasteiger partial charge on any atom is -0.356 e. The van der Waals surface area contributed by atoms with Crippen LogP contribution in [-0.4, -0.2) is 41.4 Å². The number of anilines is 1. The molecular formula is C23H24BrCl2N3O3. The lowest BCUT2D eigenvalue weighted by Crippen LogP contribution is -2.49. The summed E-state index contributed by atoms with van der Waals surface area (Å²) < 4.78 is 0.935. The van der Waals surface area contributed by atoms with Gasteiger partial charge >= 0.3 is 6.03 Å². The molecule has 9 heteroatoms. The monoisotopic (exact) mass is 539 g/mol. The van der Waals surface area contributed by atoms with Crippen molar-refractivity contribution in [2.24, 2.45) is 0 Å². The number of urea groups is 1. The van der Waals surface area contributed by atoms with Gasteiger partial charge in [-0.3, -0.25) is 9.59 Å². The maximum absolute atomic E-state index is 13.6. The van der Waals surface area contributed by atoms with Crippen LogP contribution in [0, 0.1) is 0 Å².